The van der Waals surface area contributed by atoms with Crippen molar-refractivity contribution in [1.29, 1.82) is 0 Å². The third-order valence-electron chi connectivity index (χ3n) is 2.67. The highest BCUT2D eigenvalue weighted by Crippen LogP contribution is 2.26. The van der Waals surface area contributed by atoms with Gasteiger partial charge in [-0.15, -0.1) is 0 Å². The minimum Gasteiger partial charge on any atom is -0.478 e. The zero-order valence-corrected chi connectivity index (χ0v) is 11.0. The topological polar surface area (TPSA) is 55.1 Å². The molecule has 1 aromatic carbocycles. The fourth-order valence-electron chi connectivity index (χ4n) is 1.67. The summed E-state index contributed by atoms with van der Waals surface area (Å²) in [6.45, 7) is 1.75. The van der Waals surface area contributed by atoms with Gasteiger partial charge in [0.15, 0.2) is 0 Å². The minimum absolute atomic E-state index is 0.259. The lowest BCUT2D eigenvalue weighted by molar-refractivity contribution is 0.0697. The minimum atomic E-state index is -0.950. The summed E-state index contributed by atoms with van der Waals surface area (Å²) in [5.41, 5.74) is 2.21. The van der Waals surface area contributed by atoms with Crippen LogP contribution >= 0.6 is 15.9 Å². The van der Waals surface area contributed by atoms with Gasteiger partial charge < -0.3 is 5.11 Å². The van der Waals surface area contributed by atoms with E-state index in [1.807, 2.05) is 24.3 Å². The summed E-state index contributed by atoms with van der Waals surface area (Å²) < 4.78 is 2.53. The number of benzene rings is 1. The molecule has 0 amide bonds. The molecule has 0 saturated carbocycles. The highest BCUT2D eigenvalue weighted by molar-refractivity contribution is 9.10. The van der Waals surface area contributed by atoms with Gasteiger partial charge in [0.25, 0.3) is 0 Å². The second kappa shape index (κ2) is 4.33. The van der Waals surface area contributed by atoms with E-state index in [4.69, 9.17) is 0 Å². The van der Waals surface area contributed by atoms with E-state index in [0.29, 0.717) is 11.4 Å². The fourth-order valence-corrected chi connectivity index (χ4v) is 1.94. The maximum Gasteiger partial charge on any atom is 0.339 e. The SMILES string of the molecule is Cc1c(C(=O)O)c(-c2ccc(Br)cc2)nn1C. The number of aryl methyl sites for hydroxylation is 1. The van der Waals surface area contributed by atoms with E-state index in [9.17, 15) is 9.90 Å². The lowest BCUT2D eigenvalue weighted by Crippen LogP contribution is -2.00. The van der Waals surface area contributed by atoms with Gasteiger partial charge in [-0.05, 0) is 19.1 Å². The summed E-state index contributed by atoms with van der Waals surface area (Å²) in [5.74, 6) is -0.950. The van der Waals surface area contributed by atoms with Crippen molar-refractivity contribution in [3.8, 4) is 11.3 Å². The molecule has 17 heavy (non-hydrogen) atoms. The largest absolute Gasteiger partial charge is 0.478 e. The molecular weight excluding hydrogens is 284 g/mol. The molecule has 0 atom stereocenters. The Morgan fingerprint density at radius 1 is 1.35 bits per heavy atom. The van der Waals surface area contributed by atoms with Crippen LogP contribution in [0.5, 0.6) is 0 Å². The summed E-state index contributed by atoms with van der Waals surface area (Å²) in [5, 5.41) is 13.5. The number of carboxylic acids is 1. The van der Waals surface area contributed by atoms with Gasteiger partial charge in [0.2, 0.25) is 0 Å². The fraction of sp³-hybridized carbons (Fsp3) is 0.167. The van der Waals surface area contributed by atoms with Crippen molar-refractivity contribution >= 4 is 21.9 Å². The van der Waals surface area contributed by atoms with Crippen LogP contribution in [0, 0.1) is 6.92 Å². The molecule has 0 aliphatic rings. The predicted octanol–water partition coefficient (Wildman–Crippen LogP) is 2.86. The molecular formula is C12H11BrN2O2. The average Bonchev–Trinajstić information content (AvgIpc) is 2.56. The van der Waals surface area contributed by atoms with E-state index in [1.165, 1.54) is 0 Å². The summed E-state index contributed by atoms with van der Waals surface area (Å²) in [7, 11) is 1.74. The zero-order chi connectivity index (χ0) is 12.6. The van der Waals surface area contributed by atoms with Gasteiger partial charge >= 0.3 is 5.97 Å². The highest BCUT2D eigenvalue weighted by atomic mass is 79.9. The molecule has 1 aromatic heterocycles. The summed E-state index contributed by atoms with van der Waals surface area (Å²) >= 11 is 3.34. The number of halogens is 1. The first kappa shape index (κ1) is 11.9. The normalized spacial score (nSPS) is 10.5. The van der Waals surface area contributed by atoms with Gasteiger partial charge in [-0.2, -0.15) is 5.10 Å². The molecule has 0 spiro atoms. The van der Waals surface area contributed by atoms with Crippen LogP contribution in [0.1, 0.15) is 16.1 Å². The van der Waals surface area contributed by atoms with Crippen LogP contribution in [0.15, 0.2) is 28.7 Å². The molecule has 4 nitrogen and oxygen atoms in total. The van der Waals surface area contributed by atoms with Crippen LogP contribution in [0.3, 0.4) is 0 Å². The van der Waals surface area contributed by atoms with Crippen LogP contribution in [-0.2, 0) is 7.05 Å². The number of aromatic carboxylic acids is 1. The van der Waals surface area contributed by atoms with E-state index in [2.05, 4.69) is 21.0 Å². The van der Waals surface area contributed by atoms with E-state index < -0.39 is 5.97 Å². The maximum absolute atomic E-state index is 11.2. The van der Waals surface area contributed by atoms with E-state index in [0.717, 1.165) is 10.0 Å². The van der Waals surface area contributed by atoms with Gasteiger partial charge in [0.1, 0.15) is 11.3 Å². The summed E-state index contributed by atoms with van der Waals surface area (Å²) in [4.78, 5) is 11.2. The predicted molar refractivity (Wildman–Crippen MR) is 68.0 cm³/mol. The lowest BCUT2D eigenvalue weighted by atomic mass is 10.1. The second-order valence-electron chi connectivity index (χ2n) is 3.74. The Kier molecular flexibility index (Phi) is 3.02. The smallest absolute Gasteiger partial charge is 0.339 e. The first-order valence-corrected chi connectivity index (χ1v) is 5.83. The van der Waals surface area contributed by atoms with Crippen molar-refractivity contribution in [1.82, 2.24) is 9.78 Å². The van der Waals surface area contributed by atoms with E-state index >= 15 is 0 Å². The molecule has 1 N–H and O–H groups in total. The third kappa shape index (κ3) is 2.10. The van der Waals surface area contributed by atoms with Crippen molar-refractivity contribution in [3.05, 3.63) is 40.0 Å². The second-order valence-corrected chi connectivity index (χ2v) is 4.66. The number of aromatic nitrogens is 2. The number of hydrogen-bond acceptors (Lipinski definition) is 2. The van der Waals surface area contributed by atoms with Crippen molar-refractivity contribution in [2.24, 2.45) is 7.05 Å². The number of hydrogen-bond donors (Lipinski definition) is 1. The van der Waals surface area contributed by atoms with Gasteiger partial charge in [-0.25, -0.2) is 4.79 Å². The molecule has 5 heteroatoms. The Morgan fingerprint density at radius 2 is 1.94 bits per heavy atom. The molecule has 0 saturated heterocycles. The molecule has 1 heterocycles. The van der Waals surface area contributed by atoms with Gasteiger partial charge in [0, 0.05) is 17.1 Å². The van der Waals surface area contributed by atoms with Gasteiger partial charge in [0.05, 0.1) is 5.69 Å². The van der Waals surface area contributed by atoms with E-state index in [1.54, 1.807) is 18.7 Å². The average molecular weight is 295 g/mol. The first-order valence-electron chi connectivity index (χ1n) is 5.03. The Morgan fingerprint density at radius 3 is 2.47 bits per heavy atom. The van der Waals surface area contributed by atoms with Gasteiger partial charge in [-0.1, -0.05) is 28.1 Å². The zero-order valence-electron chi connectivity index (χ0n) is 9.44. The molecule has 2 rings (SSSR count). The number of carboxylic acid groups (broad SMARTS) is 1. The number of rotatable bonds is 2. The van der Waals surface area contributed by atoms with Crippen LogP contribution in [-0.4, -0.2) is 20.9 Å². The molecule has 0 unspecified atom stereocenters. The van der Waals surface area contributed by atoms with Gasteiger partial charge in [-0.3, -0.25) is 4.68 Å². The standard InChI is InChI=1S/C12H11BrN2O2/c1-7-10(12(16)17)11(14-15(7)2)8-3-5-9(13)6-4-8/h3-6H,1-2H3,(H,16,17). The third-order valence-corrected chi connectivity index (χ3v) is 3.19. The number of nitrogens with zero attached hydrogens (tertiary/aromatic N) is 2. The lowest BCUT2D eigenvalue weighted by Gasteiger charge is -1.99. The quantitative estimate of drug-likeness (QED) is 0.927. The van der Waals surface area contributed by atoms with Crippen molar-refractivity contribution in [2.75, 3.05) is 0 Å². The summed E-state index contributed by atoms with van der Waals surface area (Å²) in [6, 6.07) is 7.42. The first-order chi connectivity index (χ1) is 8.00. The van der Waals surface area contributed by atoms with Crippen LogP contribution in [0.25, 0.3) is 11.3 Å². The molecule has 88 valence electrons. The Hall–Kier alpha value is -1.62. The van der Waals surface area contributed by atoms with Crippen LogP contribution in [0.4, 0.5) is 0 Å². The maximum atomic E-state index is 11.2. The van der Waals surface area contributed by atoms with Crippen molar-refractivity contribution in [3.63, 3.8) is 0 Å². The molecule has 0 radical (unpaired) electrons. The Bertz CT molecular complexity index is 573. The molecule has 0 aliphatic heterocycles. The van der Waals surface area contributed by atoms with Crippen molar-refractivity contribution < 1.29 is 9.90 Å². The molecule has 2 aromatic rings. The number of carbonyl (C=O) groups is 1. The van der Waals surface area contributed by atoms with Crippen LogP contribution in [0.2, 0.25) is 0 Å². The van der Waals surface area contributed by atoms with Crippen molar-refractivity contribution in [2.45, 2.75) is 6.92 Å². The molecule has 0 fully saturated rings. The van der Waals surface area contributed by atoms with E-state index in [-0.39, 0.29) is 5.56 Å². The monoisotopic (exact) mass is 294 g/mol. The molecule has 0 bridgehead atoms. The Balaban J connectivity index is 2.63. The molecule has 0 aliphatic carbocycles. The van der Waals surface area contributed by atoms with Crippen LogP contribution < -0.4 is 0 Å². The highest BCUT2D eigenvalue weighted by Gasteiger charge is 2.20. The summed E-state index contributed by atoms with van der Waals surface area (Å²) in [6.07, 6.45) is 0. The Labute approximate surface area is 107 Å².